The molecule has 0 amide bonds. The highest BCUT2D eigenvalue weighted by molar-refractivity contribution is 4.49. The first kappa shape index (κ1) is 18.4. The molecule has 0 aliphatic heterocycles. The van der Waals surface area contributed by atoms with Gasteiger partial charge in [0, 0.05) is 11.8 Å². The molecule has 0 radical (unpaired) electrons. The van der Waals surface area contributed by atoms with Gasteiger partial charge in [-0.25, -0.2) is 0 Å². The van der Waals surface area contributed by atoms with Crippen molar-refractivity contribution >= 4 is 0 Å². The first-order valence-electron chi connectivity index (χ1n) is 8.47. The van der Waals surface area contributed by atoms with E-state index in [0.29, 0.717) is 0 Å². The van der Waals surface area contributed by atoms with Crippen LogP contribution in [-0.2, 0) is 0 Å². The SMILES string of the molecule is CCCCCCCCCCCCCCCCNN=O. The standard InChI is InChI=1S/C16H34N2O/c1-2-3-4-5-6-7-8-9-10-11-12-13-14-15-16-17-18-19/h2-16H2,1H3,(H,17,19). The minimum Gasteiger partial charge on any atom is -0.274 e. The monoisotopic (exact) mass is 270 g/mol. The summed E-state index contributed by atoms with van der Waals surface area (Å²) >= 11 is 0. The molecule has 0 heterocycles. The Bertz CT molecular complexity index is 174. The summed E-state index contributed by atoms with van der Waals surface area (Å²) in [5.41, 5.74) is 2.46. The van der Waals surface area contributed by atoms with Crippen LogP contribution in [0.3, 0.4) is 0 Å². The fourth-order valence-electron chi connectivity index (χ4n) is 2.44. The third kappa shape index (κ3) is 17.4. The van der Waals surface area contributed by atoms with E-state index in [1.165, 1.54) is 83.5 Å². The smallest absolute Gasteiger partial charge is 0.0496 e. The van der Waals surface area contributed by atoms with E-state index in [4.69, 9.17) is 0 Å². The van der Waals surface area contributed by atoms with Crippen molar-refractivity contribution in [3.8, 4) is 0 Å². The molecule has 0 saturated carbocycles. The first-order chi connectivity index (χ1) is 9.41. The Balaban J connectivity index is 2.89. The maximum atomic E-state index is 9.78. The van der Waals surface area contributed by atoms with Crippen LogP contribution in [0.1, 0.15) is 96.8 Å². The van der Waals surface area contributed by atoms with E-state index in [0.717, 1.165) is 13.0 Å². The highest BCUT2D eigenvalue weighted by atomic mass is 16.3. The molecule has 0 aromatic carbocycles. The van der Waals surface area contributed by atoms with Crippen LogP contribution in [0, 0.1) is 4.91 Å². The van der Waals surface area contributed by atoms with Crippen molar-refractivity contribution in [3.05, 3.63) is 4.91 Å². The number of rotatable bonds is 16. The maximum Gasteiger partial charge on any atom is 0.0496 e. The van der Waals surface area contributed by atoms with E-state index in [-0.39, 0.29) is 0 Å². The van der Waals surface area contributed by atoms with E-state index in [1.54, 1.807) is 0 Å². The van der Waals surface area contributed by atoms with E-state index in [2.05, 4.69) is 17.6 Å². The molecule has 19 heavy (non-hydrogen) atoms. The Morgan fingerprint density at radius 3 is 1.37 bits per heavy atom. The minimum absolute atomic E-state index is 0.738. The van der Waals surface area contributed by atoms with Gasteiger partial charge in [-0.1, -0.05) is 90.4 Å². The Labute approximate surface area is 119 Å². The molecule has 0 rings (SSSR count). The van der Waals surface area contributed by atoms with Crippen LogP contribution in [0.4, 0.5) is 0 Å². The molecule has 114 valence electrons. The summed E-state index contributed by atoms with van der Waals surface area (Å²) in [6, 6.07) is 0. The van der Waals surface area contributed by atoms with Crippen molar-refractivity contribution < 1.29 is 0 Å². The molecule has 0 aromatic rings. The van der Waals surface area contributed by atoms with Gasteiger partial charge >= 0.3 is 0 Å². The summed E-state index contributed by atoms with van der Waals surface area (Å²) in [6.45, 7) is 3.01. The molecular formula is C16H34N2O. The topological polar surface area (TPSA) is 41.5 Å². The lowest BCUT2D eigenvalue weighted by Crippen LogP contribution is -2.05. The van der Waals surface area contributed by atoms with Crippen LogP contribution < -0.4 is 5.43 Å². The van der Waals surface area contributed by atoms with Crippen molar-refractivity contribution in [1.82, 2.24) is 5.43 Å². The Kier molecular flexibility index (Phi) is 16.9. The van der Waals surface area contributed by atoms with Gasteiger partial charge in [0.15, 0.2) is 0 Å². The van der Waals surface area contributed by atoms with Gasteiger partial charge in [0.1, 0.15) is 0 Å². The Morgan fingerprint density at radius 1 is 0.632 bits per heavy atom. The van der Waals surface area contributed by atoms with Gasteiger partial charge in [-0.05, 0) is 6.42 Å². The average molecular weight is 270 g/mol. The van der Waals surface area contributed by atoms with Crippen LogP contribution in [0.2, 0.25) is 0 Å². The fraction of sp³-hybridized carbons (Fsp3) is 1.00. The maximum absolute atomic E-state index is 9.78. The highest BCUT2D eigenvalue weighted by Crippen LogP contribution is 2.12. The average Bonchev–Trinajstić information content (AvgIpc) is 2.43. The van der Waals surface area contributed by atoms with Gasteiger partial charge in [-0.3, -0.25) is 5.43 Å². The molecule has 0 unspecified atom stereocenters. The summed E-state index contributed by atoms with van der Waals surface area (Å²) in [4.78, 5) is 9.78. The predicted molar refractivity (Wildman–Crippen MR) is 84.1 cm³/mol. The number of hydrogen-bond donors (Lipinski definition) is 1. The lowest BCUT2D eigenvalue weighted by molar-refractivity contribution is 0.531. The summed E-state index contributed by atoms with van der Waals surface area (Å²) in [6.07, 6.45) is 19.1. The number of hydrogen-bond acceptors (Lipinski definition) is 2. The second-order valence-corrected chi connectivity index (χ2v) is 5.60. The zero-order valence-corrected chi connectivity index (χ0v) is 13.0. The third-order valence-corrected chi connectivity index (χ3v) is 3.71. The quantitative estimate of drug-likeness (QED) is 0.221. The first-order valence-corrected chi connectivity index (χ1v) is 8.47. The number of unbranched alkanes of at least 4 members (excludes halogenated alkanes) is 13. The highest BCUT2D eigenvalue weighted by Gasteiger charge is 1.93. The summed E-state index contributed by atoms with van der Waals surface area (Å²) in [5, 5.41) is 2.63. The second kappa shape index (κ2) is 17.4. The fourth-order valence-corrected chi connectivity index (χ4v) is 2.44. The summed E-state index contributed by atoms with van der Waals surface area (Å²) < 4.78 is 0. The van der Waals surface area contributed by atoms with Crippen LogP contribution in [0.15, 0.2) is 5.29 Å². The molecule has 0 aliphatic rings. The third-order valence-electron chi connectivity index (χ3n) is 3.71. The Morgan fingerprint density at radius 2 is 1.00 bits per heavy atom. The predicted octanol–water partition coefficient (Wildman–Crippen LogP) is 5.74. The van der Waals surface area contributed by atoms with Crippen molar-refractivity contribution in [2.45, 2.75) is 96.8 Å². The van der Waals surface area contributed by atoms with Crippen LogP contribution in [-0.4, -0.2) is 6.54 Å². The van der Waals surface area contributed by atoms with Crippen LogP contribution >= 0.6 is 0 Å². The van der Waals surface area contributed by atoms with Gasteiger partial charge in [-0.2, -0.15) is 0 Å². The van der Waals surface area contributed by atoms with Crippen molar-refractivity contribution in [1.29, 1.82) is 0 Å². The molecule has 0 atom stereocenters. The molecule has 0 aliphatic carbocycles. The normalized spacial score (nSPS) is 10.6. The molecule has 0 fully saturated rings. The van der Waals surface area contributed by atoms with Gasteiger partial charge < -0.3 is 0 Å². The molecule has 1 N–H and O–H groups in total. The zero-order valence-electron chi connectivity index (χ0n) is 13.0. The summed E-state index contributed by atoms with van der Waals surface area (Å²) in [5.74, 6) is 0. The molecule has 3 nitrogen and oxygen atoms in total. The van der Waals surface area contributed by atoms with E-state index in [9.17, 15) is 4.91 Å². The van der Waals surface area contributed by atoms with E-state index < -0.39 is 0 Å². The molecule has 0 bridgehead atoms. The van der Waals surface area contributed by atoms with Gasteiger partial charge in [-0.15, -0.1) is 4.91 Å². The largest absolute Gasteiger partial charge is 0.274 e. The molecule has 0 aromatic heterocycles. The van der Waals surface area contributed by atoms with Crippen molar-refractivity contribution in [2.75, 3.05) is 6.54 Å². The summed E-state index contributed by atoms with van der Waals surface area (Å²) in [7, 11) is 0. The van der Waals surface area contributed by atoms with Gasteiger partial charge in [0.2, 0.25) is 0 Å². The lowest BCUT2D eigenvalue weighted by atomic mass is 10.0. The lowest BCUT2D eigenvalue weighted by Gasteiger charge is -2.03. The van der Waals surface area contributed by atoms with Gasteiger partial charge in [0.25, 0.3) is 0 Å². The molecule has 0 saturated heterocycles. The van der Waals surface area contributed by atoms with Crippen molar-refractivity contribution in [3.63, 3.8) is 0 Å². The van der Waals surface area contributed by atoms with Crippen LogP contribution in [0.25, 0.3) is 0 Å². The molecular weight excluding hydrogens is 236 g/mol. The molecule has 0 spiro atoms. The van der Waals surface area contributed by atoms with Crippen molar-refractivity contribution in [2.24, 2.45) is 5.29 Å². The van der Waals surface area contributed by atoms with Gasteiger partial charge in [0.05, 0.1) is 0 Å². The van der Waals surface area contributed by atoms with E-state index in [1.807, 2.05) is 0 Å². The number of nitrogens with one attached hydrogen (secondary N) is 1. The number of nitroso groups, excluding NO2 is 1. The second-order valence-electron chi connectivity index (χ2n) is 5.60. The van der Waals surface area contributed by atoms with Crippen LogP contribution in [0.5, 0.6) is 0 Å². The number of nitrogens with zero attached hydrogens (tertiary/aromatic N) is 1. The zero-order chi connectivity index (χ0) is 14.0. The molecule has 3 heteroatoms. The van der Waals surface area contributed by atoms with E-state index >= 15 is 0 Å². The minimum atomic E-state index is 0.738. The Hall–Kier alpha value is -0.600.